The Hall–Kier alpha value is -0.610. The van der Waals surface area contributed by atoms with Crippen molar-refractivity contribution in [3.05, 3.63) is 0 Å². The lowest BCUT2D eigenvalue weighted by molar-refractivity contribution is -0.121. The Morgan fingerprint density at radius 2 is 2.00 bits per heavy atom. The fraction of sp³-hybridized carbons (Fsp3) is 0.923. The van der Waals surface area contributed by atoms with E-state index in [0.29, 0.717) is 31.8 Å². The maximum absolute atomic E-state index is 11.5. The Morgan fingerprint density at radius 1 is 1.41 bits per heavy atom. The highest BCUT2D eigenvalue weighted by Gasteiger charge is 2.17. The number of rotatable bonds is 7. The van der Waals surface area contributed by atoms with Crippen LogP contribution in [-0.4, -0.2) is 30.2 Å². The van der Waals surface area contributed by atoms with Gasteiger partial charge in [-0.3, -0.25) is 4.79 Å². The largest absolute Gasteiger partial charge is 0.391 e. The molecule has 4 N–H and O–H groups in total. The lowest BCUT2D eigenvalue weighted by Gasteiger charge is -2.22. The first-order valence-corrected chi connectivity index (χ1v) is 6.39. The van der Waals surface area contributed by atoms with E-state index in [9.17, 15) is 9.90 Å². The molecule has 0 aliphatic rings. The summed E-state index contributed by atoms with van der Waals surface area (Å²) >= 11 is 0. The summed E-state index contributed by atoms with van der Waals surface area (Å²) in [5, 5.41) is 12.5. The second kappa shape index (κ2) is 7.67. The van der Waals surface area contributed by atoms with Crippen molar-refractivity contribution in [2.45, 2.75) is 53.1 Å². The quantitative estimate of drug-likeness (QED) is 0.631. The summed E-state index contributed by atoms with van der Waals surface area (Å²) in [5.41, 5.74) is 5.56. The minimum absolute atomic E-state index is 0.00161. The number of carbonyl (C=O) groups is 1. The van der Waals surface area contributed by atoms with Crippen LogP contribution >= 0.6 is 0 Å². The minimum Gasteiger partial charge on any atom is -0.391 e. The zero-order valence-electron chi connectivity index (χ0n) is 11.6. The van der Waals surface area contributed by atoms with E-state index in [1.165, 1.54) is 0 Å². The van der Waals surface area contributed by atoms with Crippen LogP contribution in [0.2, 0.25) is 0 Å². The predicted octanol–water partition coefficient (Wildman–Crippen LogP) is 1.27. The van der Waals surface area contributed by atoms with Crippen molar-refractivity contribution in [1.82, 2.24) is 5.32 Å². The van der Waals surface area contributed by atoms with Crippen LogP contribution in [-0.2, 0) is 4.79 Å². The van der Waals surface area contributed by atoms with Crippen molar-refractivity contribution in [3.8, 4) is 0 Å². The molecule has 2 atom stereocenters. The van der Waals surface area contributed by atoms with Gasteiger partial charge in [-0.1, -0.05) is 27.7 Å². The first-order valence-electron chi connectivity index (χ1n) is 6.39. The van der Waals surface area contributed by atoms with Crippen molar-refractivity contribution in [1.29, 1.82) is 0 Å². The zero-order chi connectivity index (χ0) is 13.5. The number of hydrogen-bond acceptors (Lipinski definition) is 3. The zero-order valence-corrected chi connectivity index (χ0v) is 11.6. The summed E-state index contributed by atoms with van der Waals surface area (Å²) in [6, 6.07) is 0. The third-order valence-corrected chi connectivity index (χ3v) is 2.65. The van der Waals surface area contributed by atoms with Gasteiger partial charge in [0.1, 0.15) is 0 Å². The van der Waals surface area contributed by atoms with Gasteiger partial charge in [0.25, 0.3) is 0 Å². The lowest BCUT2D eigenvalue weighted by Crippen LogP contribution is -2.34. The van der Waals surface area contributed by atoms with E-state index in [0.717, 1.165) is 6.42 Å². The number of amides is 1. The summed E-state index contributed by atoms with van der Waals surface area (Å²) in [7, 11) is 0. The van der Waals surface area contributed by atoms with Crippen LogP contribution in [0.5, 0.6) is 0 Å². The number of carbonyl (C=O) groups excluding carboxylic acids is 1. The topological polar surface area (TPSA) is 75.4 Å². The van der Waals surface area contributed by atoms with Crippen molar-refractivity contribution in [3.63, 3.8) is 0 Å². The Kier molecular flexibility index (Phi) is 7.39. The fourth-order valence-corrected chi connectivity index (χ4v) is 1.59. The van der Waals surface area contributed by atoms with Crippen molar-refractivity contribution in [2.75, 3.05) is 13.1 Å². The SMILES string of the molecule is CC(CN)CCC(=O)NCC(O)CC(C)(C)C. The monoisotopic (exact) mass is 244 g/mol. The van der Waals surface area contributed by atoms with E-state index in [1.54, 1.807) is 0 Å². The molecule has 0 aromatic carbocycles. The number of hydrogen-bond donors (Lipinski definition) is 3. The molecule has 2 unspecified atom stereocenters. The highest BCUT2D eigenvalue weighted by Crippen LogP contribution is 2.20. The normalized spacial score (nSPS) is 15.4. The Morgan fingerprint density at radius 3 is 2.47 bits per heavy atom. The summed E-state index contributed by atoms with van der Waals surface area (Å²) in [6.07, 6.45) is 1.51. The van der Waals surface area contributed by atoms with Gasteiger partial charge in [-0.25, -0.2) is 0 Å². The molecule has 4 heteroatoms. The lowest BCUT2D eigenvalue weighted by atomic mass is 9.89. The Balaban J connectivity index is 3.70. The van der Waals surface area contributed by atoms with Crippen molar-refractivity contribution >= 4 is 5.91 Å². The van der Waals surface area contributed by atoms with E-state index in [4.69, 9.17) is 5.73 Å². The molecule has 0 saturated carbocycles. The summed E-state index contributed by atoms with van der Waals surface area (Å²) in [6.45, 7) is 9.19. The van der Waals surface area contributed by atoms with Gasteiger partial charge in [0.05, 0.1) is 6.10 Å². The third kappa shape index (κ3) is 10.3. The van der Waals surface area contributed by atoms with E-state index in [-0.39, 0.29) is 11.3 Å². The number of aliphatic hydroxyl groups is 1. The average molecular weight is 244 g/mol. The Bertz CT molecular complexity index is 224. The predicted molar refractivity (Wildman–Crippen MR) is 70.5 cm³/mol. The standard InChI is InChI=1S/C13H28N2O2/c1-10(8-14)5-6-12(17)15-9-11(16)7-13(2,3)4/h10-11,16H,5-9,14H2,1-4H3,(H,15,17). The molecule has 102 valence electrons. The average Bonchev–Trinajstić information content (AvgIpc) is 2.20. The molecule has 4 nitrogen and oxygen atoms in total. The summed E-state index contributed by atoms with van der Waals surface area (Å²) < 4.78 is 0. The number of nitrogens with two attached hydrogens (primary N) is 1. The molecule has 0 spiro atoms. The maximum atomic E-state index is 11.5. The molecule has 0 heterocycles. The number of aliphatic hydroxyl groups excluding tert-OH is 1. The van der Waals surface area contributed by atoms with E-state index in [2.05, 4.69) is 26.1 Å². The van der Waals surface area contributed by atoms with E-state index in [1.807, 2.05) is 6.92 Å². The van der Waals surface area contributed by atoms with Crippen molar-refractivity contribution < 1.29 is 9.90 Å². The molecule has 17 heavy (non-hydrogen) atoms. The van der Waals surface area contributed by atoms with Gasteiger partial charge in [0, 0.05) is 13.0 Å². The van der Waals surface area contributed by atoms with Gasteiger partial charge in [0.2, 0.25) is 5.91 Å². The molecule has 1 amide bonds. The van der Waals surface area contributed by atoms with Crippen LogP contribution in [0.3, 0.4) is 0 Å². The third-order valence-electron chi connectivity index (χ3n) is 2.65. The summed E-state index contributed by atoms with van der Waals surface area (Å²) in [4.78, 5) is 11.5. The molecule has 0 saturated heterocycles. The van der Waals surface area contributed by atoms with Gasteiger partial charge in [-0.2, -0.15) is 0 Å². The molecule has 0 rings (SSSR count). The van der Waals surface area contributed by atoms with Crippen LogP contribution in [0, 0.1) is 11.3 Å². The molecule has 0 aromatic rings. The highest BCUT2D eigenvalue weighted by atomic mass is 16.3. The van der Waals surface area contributed by atoms with Crippen LogP contribution in [0.1, 0.15) is 47.0 Å². The fourth-order valence-electron chi connectivity index (χ4n) is 1.59. The Labute approximate surface area is 105 Å². The summed E-state index contributed by atoms with van der Waals surface area (Å²) in [5.74, 6) is 0.374. The second-order valence-corrected chi connectivity index (χ2v) is 6.10. The van der Waals surface area contributed by atoms with Crippen LogP contribution < -0.4 is 11.1 Å². The highest BCUT2D eigenvalue weighted by molar-refractivity contribution is 5.75. The van der Waals surface area contributed by atoms with Gasteiger partial charge >= 0.3 is 0 Å². The van der Waals surface area contributed by atoms with Crippen LogP contribution in [0.4, 0.5) is 0 Å². The first kappa shape index (κ1) is 16.4. The maximum Gasteiger partial charge on any atom is 0.220 e. The van der Waals surface area contributed by atoms with E-state index < -0.39 is 6.10 Å². The van der Waals surface area contributed by atoms with Gasteiger partial charge in [-0.15, -0.1) is 0 Å². The molecule has 0 aliphatic carbocycles. The molecule has 0 radical (unpaired) electrons. The molecule has 0 bridgehead atoms. The van der Waals surface area contributed by atoms with Crippen LogP contribution in [0.25, 0.3) is 0 Å². The van der Waals surface area contributed by atoms with Gasteiger partial charge in [0.15, 0.2) is 0 Å². The molecule has 0 aliphatic heterocycles. The second-order valence-electron chi connectivity index (χ2n) is 6.10. The van der Waals surface area contributed by atoms with E-state index >= 15 is 0 Å². The first-order chi connectivity index (χ1) is 7.74. The molecule has 0 aromatic heterocycles. The van der Waals surface area contributed by atoms with Crippen molar-refractivity contribution in [2.24, 2.45) is 17.1 Å². The number of nitrogens with one attached hydrogen (secondary N) is 1. The van der Waals surface area contributed by atoms with Crippen LogP contribution in [0.15, 0.2) is 0 Å². The minimum atomic E-state index is -0.467. The smallest absolute Gasteiger partial charge is 0.220 e. The molecular formula is C13H28N2O2. The van der Waals surface area contributed by atoms with Gasteiger partial charge < -0.3 is 16.2 Å². The molecular weight excluding hydrogens is 216 g/mol. The van der Waals surface area contributed by atoms with Gasteiger partial charge in [-0.05, 0) is 30.7 Å². The molecule has 0 fully saturated rings.